The van der Waals surface area contributed by atoms with Crippen molar-refractivity contribution in [3.63, 3.8) is 0 Å². The summed E-state index contributed by atoms with van der Waals surface area (Å²) < 4.78 is 15.6. The smallest absolute Gasteiger partial charge is 0.333 e. The number of carbonyl (C=O) groups excluding carboxylic acids is 1. The van der Waals surface area contributed by atoms with E-state index < -0.39 is 0 Å². The average Bonchev–Trinajstić information content (AvgIpc) is 2.41. The van der Waals surface area contributed by atoms with E-state index in [-0.39, 0.29) is 5.97 Å². The molecule has 0 heterocycles. The van der Waals surface area contributed by atoms with Crippen molar-refractivity contribution in [1.29, 1.82) is 0 Å². The van der Waals surface area contributed by atoms with Gasteiger partial charge in [-0.1, -0.05) is 6.07 Å². The predicted octanol–water partition coefficient (Wildman–Crippen LogP) is 3.06. The van der Waals surface area contributed by atoms with Crippen molar-refractivity contribution in [1.82, 2.24) is 0 Å². The molecule has 0 saturated carbocycles. The average molecular weight is 264 g/mol. The van der Waals surface area contributed by atoms with Gasteiger partial charge in [-0.3, -0.25) is 0 Å². The highest BCUT2D eigenvalue weighted by molar-refractivity contribution is 5.93. The standard InChI is InChI=1S/C15H20O4/c1-5-18-13-8-7-12(10-14(13)17-4)9-11(3)15(16)19-6-2/h7-10H,5-6H2,1-4H3/b11-9+. The van der Waals surface area contributed by atoms with Crippen LogP contribution in [0, 0.1) is 0 Å². The van der Waals surface area contributed by atoms with Crippen molar-refractivity contribution in [2.75, 3.05) is 20.3 Å². The maximum atomic E-state index is 11.5. The minimum absolute atomic E-state index is 0.310. The van der Waals surface area contributed by atoms with E-state index in [2.05, 4.69) is 0 Å². The first-order chi connectivity index (χ1) is 9.12. The number of esters is 1. The molecule has 1 aromatic rings. The number of hydrogen-bond donors (Lipinski definition) is 0. The van der Waals surface area contributed by atoms with E-state index in [4.69, 9.17) is 14.2 Å². The third-order valence-electron chi connectivity index (χ3n) is 2.47. The van der Waals surface area contributed by atoms with Gasteiger partial charge in [0.2, 0.25) is 0 Å². The van der Waals surface area contributed by atoms with Crippen molar-refractivity contribution in [2.45, 2.75) is 20.8 Å². The van der Waals surface area contributed by atoms with Gasteiger partial charge < -0.3 is 14.2 Å². The molecule has 0 fully saturated rings. The van der Waals surface area contributed by atoms with Gasteiger partial charge in [-0.15, -0.1) is 0 Å². The lowest BCUT2D eigenvalue weighted by Gasteiger charge is -2.10. The molecule has 0 bridgehead atoms. The van der Waals surface area contributed by atoms with Crippen LogP contribution in [-0.2, 0) is 9.53 Å². The molecule has 0 saturated heterocycles. The molecular formula is C15H20O4. The van der Waals surface area contributed by atoms with Gasteiger partial charge in [0.15, 0.2) is 11.5 Å². The van der Waals surface area contributed by atoms with Crippen molar-refractivity contribution < 1.29 is 19.0 Å². The molecule has 0 N–H and O–H groups in total. The van der Waals surface area contributed by atoms with Crippen molar-refractivity contribution >= 4 is 12.0 Å². The molecule has 1 aromatic carbocycles. The van der Waals surface area contributed by atoms with E-state index in [1.165, 1.54) is 0 Å². The van der Waals surface area contributed by atoms with Crippen molar-refractivity contribution in [3.8, 4) is 11.5 Å². The lowest BCUT2D eigenvalue weighted by molar-refractivity contribution is -0.138. The number of rotatable bonds is 6. The van der Waals surface area contributed by atoms with E-state index in [1.807, 2.05) is 25.1 Å². The van der Waals surface area contributed by atoms with E-state index in [0.29, 0.717) is 30.3 Å². The summed E-state index contributed by atoms with van der Waals surface area (Å²) in [5.41, 5.74) is 1.42. The maximum Gasteiger partial charge on any atom is 0.333 e. The Morgan fingerprint density at radius 2 is 1.95 bits per heavy atom. The first kappa shape index (κ1) is 15.1. The third-order valence-corrected chi connectivity index (χ3v) is 2.47. The van der Waals surface area contributed by atoms with Gasteiger partial charge in [-0.05, 0) is 44.5 Å². The number of methoxy groups -OCH3 is 1. The van der Waals surface area contributed by atoms with Crippen LogP contribution in [0.25, 0.3) is 6.08 Å². The summed E-state index contributed by atoms with van der Waals surface area (Å²) in [6, 6.07) is 5.52. The fourth-order valence-corrected chi connectivity index (χ4v) is 1.60. The molecule has 0 aliphatic rings. The highest BCUT2D eigenvalue weighted by Crippen LogP contribution is 2.28. The third kappa shape index (κ3) is 4.32. The normalized spacial score (nSPS) is 11.1. The maximum absolute atomic E-state index is 11.5. The minimum Gasteiger partial charge on any atom is -0.493 e. The van der Waals surface area contributed by atoms with E-state index >= 15 is 0 Å². The largest absolute Gasteiger partial charge is 0.493 e. The Hall–Kier alpha value is -1.97. The number of ether oxygens (including phenoxy) is 3. The molecule has 0 aliphatic heterocycles. The number of hydrogen-bond acceptors (Lipinski definition) is 4. The summed E-state index contributed by atoms with van der Waals surface area (Å²) in [7, 11) is 1.59. The summed E-state index contributed by atoms with van der Waals surface area (Å²) in [6.45, 7) is 6.37. The van der Waals surface area contributed by atoms with Crippen molar-refractivity contribution in [3.05, 3.63) is 29.3 Å². The highest BCUT2D eigenvalue weighted by atomic mass is 16.5. The molecule has 0 spiro atoms. The van der Waals surface area contributed by atoms with E-state index in [9.17, 15) is 4.79 Å². The molecule has 0 unspecified atom stereocenters. The second-order valence-electron chi connectivity index (χ2n) is 3.89. The SMILES string of the molecule is CCOC(=O)/C(C)=C/c1ccc(OCC)c(OC)c1. The summed E-state index contributed by atoms with van der Waals surface area (Å²) in [4.78, 5) is 11.5. The number of benzene rings is 1. The van der Waals surface area contributed by atoms with Crippen molar-refractivity contribution in [2.24, 2.45) is 0 Å². The van der Waals surface area contributed by atoms with Crippen LogP contribution in [-0.4, -0.2) is 26.3 Å². The zero-order valence-corrected chi connectivity index (χ0v) is 11.9. The Labute approximate surface area is 114 Å². The van der Waals surface area contributed by atoms with Gasteiger partial charge >= 0.3 is 5.97 Å². The topological polar surface area (TPSA) is 44.8 Å². The second-order valence-corrected chi connectivity index (χ2v) is 3.89. The summed E-state index contributed by atoms with van der Waals surface area (Å²) in [5, 5.41) is 0. The first-order valence-corrected chi connectivity index (χ1v) is 6.28. The molecule has 0 aromatic heterocycles. The Bertz CT molecular complexity index is 463. The van der Waals surface area contributed by atoms with E-state index in [1.54, 1.807) is 27.0 Å². The molecule has 4 nitrogen and oxygen atoms in total. The predicted molar refractivity (Wildman–Crippen MR) is 74.4 cm³/mol. The number of carbonyl (C=O) groups is 1. The second kappa shape index (κ2) is 7.46. The fourth-order valence-electron chi connectivity index (χ4n) is 1.60. The molecular weight excluding hydrogens is 244 g/mol. The Morgan fingerprint density at radius 1 is 1.21 bits per heavy atom. The molecule has 0 amide bonds. The summed E-state index contributed by atoms with van der Waals surface area (Å²) in [5.74, 6) is 1.03. The lowest BCUT2D eigenvalue weighted by atomic mass is 10.1. The van der Waals surface area contributed by atoms with Gasteiger partial charge in [0.05, 0.1) is 20.3 Å². The zero-order chi connectivity index (χ0) is 14.3. The van der Waals surface area contributed by atoms with Crippen LogP contribution in [0.15, 0.2) is 23.8 Å². The Morgan fingerprint density at radius 3 is 2.53 bits per heavy atom. The van der Waals surface area contributed by atoms with E-state index in [0.717, 1.165) is 5.56 Å². The summed E-state index contributed by atoms with van der Waals surface area (Å²) in [6.07, 6.45) is 1.76. The first-order valence-electron chi connectivity index (χ1n) is 6.28. The van der Waals surface area contributed by atoms with Crippen LogP contribution in [0.5, 0.6) is 11.5 Å². The van der Waals surface area contributed by atoms with Crippen LogP contribution < -0.4 is 9.47 Å². The highest BCUT2D eigenvalue weighted by Gasteiger charge is 2.07. The van der Waals surface area contributed by atoms with Gasteiger partial charge in [-0.25, -0.2) is 4.79 Å². The molecule has 0 aliphatic carbocycles. The molecule has 19 heavy (non-hydrogen) atoms. The van der Waals surface area contributed by atoms with Gasteiger partial charge in [-0.2, -0.15) is 0 Å². The molecule has 0 radical (unpaired) electrons. The van der Waals surface area contributed by atoms with Crippen LogP contribution in [0.4, 0.5) is 0 Å². The zero-order valence-electron chi connectivity index (χ0n) is 11.9. The molecule has 104 valence electrons. The van der Waals surface area contributed by atoms with Crippen LogP contribution >= 0.6 is 0 Å². The van der Waals surface area contributed by atoms with Crippen LogP contribution in [0.1, 0.15) is 26.3 Å². The minimum atomic E-state index is -0.310. The molecule has 0 atom stereocenters. The van der Waals surface area contributed by atoms with Crippen LogP contribution in [0.2, 0.25) is 0 Å². The lowest BCUT2D eigenvalue weighted by Crippen LogP contribution is -2.04. The Balaban J connectivity index is 2.96. The quantitative estimate of drug-likeness (QED) is 0.585. The molecule has 4 heteroatoms. The van der Waals surface area contributed by atoms with Gasteiger partial charge in [0, 0.05) is 5.57 Å². The van der Waals surface area contributed by atoms with Gasteiger partial charge in [0.25, 0.3) is 0 Å². The van der Waals surface area contributed by atoms with Crippen LogP contribution in [0.3, 0.4) is 0 Å². The Kier molecular flexibility index (Phi) is 5.93. The molecule has 1 rings (SSSR count). The monoisotopic (exact) mass is 264 g/mol. The fraction of sp³-hybridized carbons (Fsp3) is 0.400. The summed E-state index contributed by atoms with van der Waals surface area (Å²) >= 11 is 0. The van der Waals surface area contributed by atoms with Gasteiger partial charge in [0.1, 0.15) is 0 Å².